The van der Waals surface area contributed by atoms with Gasteiger partial charge in [-0.3, -0.25) is 9.69 Å². The van der Waals surface area contributed by atoms with E-state index >= 15 is 0 Å². The summed E-state index contributed by atoms with van der Waals surface area (Å²) >= 11 is 3.37. The SMILES string of the molecule is CN(CC(=O)c1cccc(Br)c1)CC1(O)CCOCC1. The topological polar surface area (TPSA) is 49.8 Å². The molecule has 1 aromatic carbocycles. The van der Waals surface area contributed by atoms with Gasteiger partial charge in [-0.15, -0.1) is 0 Å². The van der Waals surface area contributed by atoms with Crippen LogP contribution in [0.4, 0.5) is 0 Å². The van der Waals surface area contributed by atoms with Gasteiger partial charge in [0.25, 0.3) is 0 Å². The number of hydrogen-bond donors (Lipinski definition) is 1. The van der Waals surface area contributed by atoms with Gasteiger partial charge >= 0.3 is 0 Å². The Balaban J connectivity index is 1.90. The summed E-state index contributed by atoms with van der Waals surface area (Å²) in [6, 6.07) is 7.37. The minimum Gasteiger partial charge on any atom is -0.388 e. The quantitative estimate of drug-likeness (QED) is 0.833. The molecule has 0 unspecified atom stereocenters. The number of ketones is 1. The third-order valence-electron chi connectivity index (χ3n) is 3.55. The van der Waals surface area contributed by atoms with Crippen LogP contribution in [-0.4, -0.2) is 54.7 Å². The maximum atomic E-state index is 12.2. The highest BCUT2D eigenvalue weighted by molar-refractivity contribution is 9.10. The Labute approximate surface area is 127 Å². The van der Waals surface area contributed by atoms with E-state index in [1.807, 2.05) is 36.2 Å². The van der Waals surface area contributed by atoms with E-state index in [1.165, 1.54) is 0 Å². The maximum absolute atomic E-state index is 12.2. The molecule has 1 aliphatic rings. The first-order chi connectivity index (χ1) is 9.48. The monoisotopic (exact) mass is 341 g/mol. The number of hydrogen-bond acceptors (Lipinski definition) is 4. The average molecular weight is 342 g/mol. The van der Waals surface area contributed by atoms with Gasteiger partial charge in [0.05, 0.1) is 12.1 Å². The fourth-order valence-corrected chi connectivity index (χ4v) is 2.87. The third kappa shape index (κ3) is 4.38. The van der Waals surface area contributed by atoms with Crippen molar-refractivity contribution in [1.29, 1.82) is 0 Å². The number of benzene rings is 1. The first-order valence-electron chi connectivity index (χ1n) is 6.76. The van der Waals surface area contributed by atoms with Crippen LogP contribution in [-0.2, 0) is 4.74 Å². The van der Waals surface area contributed by atoms with Crippen LogP contribution in [0.1, 0.15) is 23.2 Å². The number of carbonyl (C=O) groups is 1. The zero-order chi connectivity index (χ0) is 14.6. The van der Waals surface area contributed by atoms with E-state index in [2.05, 4.69) is 15.9 Å². The smallest absolute Gasteiger partial charge is 0.176 e. The van der Waals surface area contributed by atoms with Crippen LogP contribution in [0.25, 0.3) is 0 Å². The van der Waals surface area contributed by atoms with Crippen LogP contribution in [0.2, 0.25) is 0 Å². The number of carbonyl (C=O) groups excluding carboxylic acids is 1. The van der Waals surface area contributed by atoms with E-state index in [9.17, 15) is 9.90 Å². The molecular formula is C15H20BrNO3. The highest BCUT2D eigenvalue weighted by Crippen LogP contribution is 2.21. The number of likely N-dealkylation sites (N-methyl/N-ethyl adjacent to an activating group) is 1. The maximum Gasteiger partial charge on any atom is 0.176 e. The Kier molecular flexibility index (Phi) is 5.32. The molecule has 2 rings (SSSR count). The number of ether oxygens (including phenoxy) is 1. The predicted molar refractivity (Wildman–Crippen MR) is 81.0 cm³/mol. The Morgan fingerprint density at radius 2 is 2.15 bits per heavy atom. The molecule has 1 aromatic rings. The van der Waals surface area contributed by atoms with Crippen LogP contribution in [0.15, 0.2) is 28.7 Å². The second-order valence-corrected chi connectivity index (χ2v) is 6.36. The van der Waals surface area contributed by atoms with Gasteiger partial charge in [0.15, 0.2) is 5.78 Å². The van der Waals surface area contributed by atoms with Crippen LogP contribution < -0.4 is 0 Å². The Morgan fingerprint density at radius 3 is 2.80 bits per heavy atom. The molecule has 20 heavy (non-hydrogen) atoms. The number of aliphatic hydroxyl groups is 1. The molecule has 5 heteroatoms. The minimum absolute atomic E-state index is 0.0597. The number of rotatable bonds is 5. The highest BCUT2D eigenvalue weighted by Gasteiger charge is 2.31. The Hall–Kier alpha value is -0.750. The van der Waals surface area contributed by atoms with Gasteiger partial charge in [0.1, 0.15) is 0 Å². The third-order valence-corrected chi connectivity index (χ3v) is 4.04. The first-order valence-corrected chi connectivity index (χ1v) is 7.55. The summed E-state index contributed by atoms with van der Waals surface area (Å²) < 4.78 is 6.16. The van der Waals surface area contributed by atoms with Crippen LogP contribution >= 0.6 is 15.9 Å². The first kappa shape index (κ1) is 15.6. The van der Waals surface area contributed by atoms with Gasteiger partial charge < -0.3 is 9.84 Å². The van der Waals surface area contributed by atoms with Gasteiger partial charge in [-0.2, -0.15) is 0 Å². The molecule has 0 saturated carbocycles. The summed E-state index contributed by atoms with van der Waals surface area (Å²) in [5.41, 5.74) is -0.0462. The van der Waals surface area contributed by atoms with E-state index in [-0.39, 0.29) is 5.78 Å². The lowest BCUT2D eigenvalue weighted by atomic mass is 9.94. The van der Waals surface area contributed by atoms with Crippen molar-refractivity contribution >= 4 is 21.7 Å². The average Bonchev–Trinajstić information content (AvgIpc) is 2.38. The molecule has 0 radical (unpaired) electrons. The van der Waals surface area contributed by atoms with E-state index in [1.54, 1.807) is 0 Å². The van der Waals surface area contributed by atoms with Crippen molar-refractivity contribution in [3.8, 4) is 0 Å². The molecule has 1 fully saturated rings. The molecule has 0 aromatic heterocycles. The molecule has 0 bridgehead atoms. The van der Waals surface area contributed by atoms with Crippen molar-refractivity contribution < 1.29 is 14.6 Å². The summed E-state index contributed by atoms with van der Waals surface area (Å²) in [4.78, 5) is 14.1. The molecule has 0 aliphatic carbocycles. The zero-order valence-corrected chi connectivity index (χ0v) is 13.2. The fraction of sp³-hybridized carbons (Fsp3) is 0.533. The van der Waals surface area contributed by atoms with Crippen molar-refractivity contribution in [3.05, 3.63) is 34.3 Å². The molecule has 110 valence electrons. The summed E-state index contributed by atoms with van der Waals surface area (Å²) in [6.07, 6.45) is 1.25. The lowest BCUT2D eigenvalue weighted by Gasteiger charge is -2.35. The van der Waals surface area contributed by atoms with Crippen molar-refractivity contribution in [3.63, 3.8) is 0 Å². The fourth-order valence-electron chi connectivity index (χ4n) is 2.47. The molecule has 0 spiro atoms. The van der Waals surface area contributed by atoms with Gasteiger partial charge in [0, 0.05) is 42.6 Å². The molecule has 0 atom stereocenters. The summed E-state index contributed by atoms with van der Waals surface area (Å²) in [7, 11) is 1.86. The largest absolute Gasteiger partial charge is 0.388 e. The number of halogens is 1. The Bertz CT molecular complexity index is 472. The minimum atomic E-state index is -0.732. The van der Waals surface area contributed by atoms with Gasteiger partial charge in [-0.1, -0.05) is 28.1 Å². The molecule has 1 N–H and O–H groups in total. The number of nitrogens with zero attached hydrogens (tertiary/aromatic N) is 1. The van der Waals surface area contributed by atoms with Crippen LogP contribution in [0.3, 0.4) is 0 Å². The van der Waals surface area contributed by atoms with Crippen molar-refractivity contribution in [2.75, 3.05) is 33.4 Å². The predicted octanol–water partition coefficient (Wildman–Crippen LogP) is 2.11. The van der Waals surface area contributed by atoms with E-state index < -0.39 is 5.60 Å². The van der Waals surface area contributed by atoms with Gasteiger partial charge in [-0.25, -0.2) is 0 Å². The van der Waals surface area contributed by atoms with Crippen LogP contribution in [0, 0.1) is 0 Å². The van der Waals surface area contributed by atoms with Crippen molar-refractivity contribution in [2.24, 2.45) is 0 Å². The molecule has 1 heterocycles. The number of Topliss-reactive ketones (excluding diaryl/α,β-unsaturated/α-hetero) is 1. The summed E-state index contributed by atoms with van der Waals surface area (Å²) in [5, 5.41) is 10.4. The van der Waals surface area contributed by atoms with Crippen LogP contribution in [0.5, 0.6) is 0 Å². The second kappa shape index (κ2) is 6.80. The second-order valence-electron chi connectivity index (χ2n) is 5.44. The van der Waals surface area contributed by atoms with Crippen molar-refractivity contribution in [2.45, 2.75) is 18.4 Å². The lowest BCUT2D eigenvalue weighted by molar-refractivity contribution is -0.0758. The lowest BCUT2D eigenvalue weighted by Crippen LogP contribution is -2.46. The normalized spacial score (nSPS) is 18.2. The highest BCUT2D eigenvalue weighted by atomic mass is 79.9. The Morgan fingerprint density at radius 1 is 1.45 bits per heavy atom. The zero-order valence-electron chi connectivity index (χ0n) is 11.6. The molecule has 4 nitrogen and oxygen atoms in total. The standard InChI is InChI=1S/C15H20BrNO3/c1-17(11-15(19)5-7-20-8-6-15)10-14(18)12-3-2-4-13(16)9-12/h2-4,9,19H,5-8,10-11H2,1H3. The summed E-state index contributed by atoms with van der Waals surface area (Å²) in [6.45, 7) is 1.98. The summed E-state index contributed by atoms with van der Waals surface area (Å²) in [5.74, 6) is 0.0597. The van der Waals surface area contributed by atoms with Gasteiger partial charge in [-0.05, 0) is 19.2 Å². The van der Waals surface area contributed by atoms with Gasteiger partial charge in [0.2, 0.25) is 0 Å². The van der Waals surface area contributed by atoms with E-state index in [0.29, 0.717) is 44.7 Å². The van der Waals surface area contributed by atoms with E-state index in [4.69, 9.17) is 4.74 Å². The van der Waals surface area contributed by atoms with E-state index in [0.717, 1.165) is 4.47 Å². The molecular weight excluding hydrogens is 322 g/mol. The molecule has 1 saturated heterocycles. The molecule has 1 aliphatic heterocycles. The molecule has 0 amide bonds. The van der Waals surface area contributed by atoms with Crippen molar-refractivity contribution in [1.82, 2.24) is 4.90 Å².